The first-order valence-corrected chi connectivity index (χ1v) is 12.0. The van der Waals surface area contributed by atoms with Gasteiger partial charge in [0.1, 0.15) is 11.6 Å². The molecule has 38 heavy (non-hydrogen) atoms. The molecule has 0 radical (unpaired) electrons. The number of nitrogens with one attached hydrogen (secondary N) is 1. The van der Waals surface area contributed by atoms with Crippen molar-refractivity contribution in [1.82, 2.24) is 39.1 Å². The van der Waals surface area contributed by atoms with Crippen LogP contribution in [0.4, 0.5) is 24.9 Å². The molecule has 1 aliphatic rings. The Morgan fingerprint density at radius 2 is 1.89 bits per heavy atom. The summed E-state index contributed by atoms with van der Waals surface area (Å²) in [6.07, 6.45) is 3.65. The van der Waals surface area contributed by atoms with Crippen LogP contribution in [0.3, 0.4) is 0 Å². The minimum absolute atomic E-state index is 0.288. The monoisotopic (exact) mass is 519 g/mol. The van der Waals surface area contributed by atoms with Gasteiger partial charge in [-0.3, -0.25) is 9.25 Å². The van der Waals surface area contributed by atoms with Crippen molar-refractivity contribution in [2.24, 2.45) is 7.05 Å². The fourth-order valence-corrected chi connectivity index (χ4v) is 4.92. The lowest BCUT2D eigenvalue weighted by molar-refractivity contribution is 0.0231. The molecular formula is C26H24F3N9. The van der Waals surface area contributed by atoms with Crippen LogP contribution >= 0.6 is 0 Å². The van der Waals surface area contributed by atoms with Gasteiger partial charge in [-0.15, -0.1) is 10.2 Å². The molecule has 1 aromatic carbocycles. The fraction of sp³-hybridized carbons (Fsp3) is 0.269. The lowest BCUT2D eigenvalue weighted by Crippen LogP contribution is -2.28. The molecule has 1 N–H and O–H groups in total. The highest BCUT2D eigenvalue weighted by atomic mass is 19.3. The quantitative estimate of drug-likeness (QED) is 0.345. The van der Waals surface area contributed by atoms with E-state index in [0.717, 1.165) is 34.8 Å². The van der Waals surface area contributed by atoms with E-state index in [9.17, 15) is 4.39 Å². The summed E-state index contributed by atoms with van der Waals surface area (Å²) in [4.78, 5) is 9.11. The van der Waals surface area contributed by atoms with E-state index >= 15 is 8.78 Å². The number of halogens is 3. The molecule has 1 aliphatic heterocycles. The van der Waals surface area contributed by atoms with Crippen molar-refractivity contribution >= 4 is 11.8 Å². The molecule has 9 nitrogen and oxygen atoms in total. The second-order valence-electron chi connectivity index (χ2n) is 9.53. The fourth-order valence-electron chi connectivity index (χ4n) is 4.92. The Kier molecular flexibility index (Phi) is 5.37. The zero-order valence-corrected chi connectivity index (χ0v) is 21.1. The number of anilines is 2. The smallest absolute Gasteiger partial charge is 0.334 e. The minimum Gasteiger partial charge on any atom is -0.342 e. The van der Waals surface area contributed by atoms with Crippen LogP contribution in [-0.2, 0) is 19.5 Å². The van der Waals surface area contributed by atoms with E-state index in [1.165, 1.54) is 16.7 Å². The van der Waals surface area contributed by atoms with Crippen molar-refractivity contribution in [3.63, 3.8) is 0 Å². The number of aromatic nitrogens is 8. The Hall–Kier alpha value is -4.48. The van der Waals surface area contributed by atoms with Crippen LogP contribution in [-0.4, -0.2) is 39.1 Å². The van der Waals surface area contributed by atoms with E-state index in [0.29, 0.717) is 23.9 Å². The van der Waals surface area contributed by atoms with Crippen molar-refractivity contribution < 1.29 is 13.2 Å². The summed E-state index contributed by atoms with van der Waals surface area (Å²) < 4.78 is 50.4. The van der Waals surface area contributed by atoms with Crippen LogP contribution in [0.1, 0.15) is 35.6 Å². The maximum absolute atomic E-state index is 15.5. The van der Waals surface area contributed by atoms with Gasteiger partial charge in [0, 0.05) is 37.6 Å². The Morgan fingerprint density at radius 3 is 2.63 bits per heavy atom. The van der Waals surface area contributed by atoms with E-state index < -0.39 is 29.2 Å². The third-order valence-corrected chi connectivity index (χ3v) is 6.70. The first kappa shape index (κ1) is 23.9. The second-order valence-corrected chi connectivity index (χ2v) is 9.53. The third-order valence-electron chi connectivity index (χ3n) is 6.70. The summed E-state index contributed by atoms with van der Waals surface area (Å²) in [6, 6.07) is 8.19. The lowest BCUT2D eigenvalue weighted by atomic mass is 10.1. The Bertz CT molecular complexity index is 1680. The van der Waals surface area contributed by atoms with Gasteiger partial charge in [0.05, 0.1) is 28.7 Å². The molecule has 0 spiro atoms. The SMILES string of the molecule is Cc1cc(Nc2ncc(C)c(-c3cc4n(c3)C[C@H](C)n3c-4nnc3C(F)(F)c3ccccc3F)n2)n(C)n1. The van der Waals surface area contributed by atoms with Gasteiger partial charge in [-0.05, 0) is 44.5 Å². The van der Waals surface area contributed by atoms with Crippen LogP contribution < -0.4 is 5.32 Å². The summed E-state index contributed by atoms with van der Waals surface area (Å²) >= 11 is 0. The molecule has 0 fully saturated rings. The molecular weight excluding hydrogens is 495 g/mol. The van der Waals surface area contributed by atoms with Crippen LogP contribution in [0.2, 0.25) is 0 Å². The summed E-state index contributed by atoms with van der Waals surface area (Å²) in [5.41, 5.74) is 3.08. The highest BCUT2D eigenvalue weighted by Gasteiger charge is 2.44. The van der Waals surface area contributed by atoms with Gasteiger partial charge in [0.15, 0.2) is 5.82 Å². The molecule has 12 heteroatoms. The van der Waals surface area contributed by atoms with Crippen molar-refractivity contribution in [2.45, 2.75) is 39.3 Å². The predicted molar refractivity (Wildman–Crippen MR) is 135 cm³/mol. The number of nitrogens with zero attached hydrogens (tertiary/aromatic N) is 8. The standard InChI is InChI=1S/C26H24F3N9/c1-14-11-30-25(31-21-9-15(2)35-36(21)4)32-22(14)17-10-20-23-33-34-24(38(23)16(3)12-37(20)13-17)26(28,29)18-7-5-6-8-19(18)27/h5-11,13,16H,12H2,1-4H3,(H,30,31,32)/t16-/m0/s1. The van der Waals surface area contributed by atoms with Gasteiger partial charge >= 0.3 is 5.92 Å². The molecule has 0 saturated carbocycles. The largest absolute Gasteiger partial charge is 0.342 e. The number of rotatable bonds is 5. The summed E-state index contributed by atoms with van der Waals surface area (Å²) in [5.74, 6) is -3.79. The number of aryl methyl sites for hydroxylation is 3. The maximum atomic E-state index is 15.5. The summed E-state index contributed by atoms with van der Waals surface area (Å²) in [7, 11) is 1.83. The molecule has 6 rings (SSSR count). The van der Waals surface area contributed by atoms with Crippen molar-refractivity contribution in [3.05, 3.63) is 77.3 Å². The van der Waals surface area contributed by atoms with Gasteiger partial charge in [-0.25, -0.2) is 14.4 Å². The Balaban J connectivity index is 1.40. The zero-order chi connectivity index (χ0) is 26.8. The molecule has 1 atom stereocenters. The Morgan fingerprint density at radius 1 is 1.11 bits per heavy atom. The highest BCUT2D eigenvalue weighted by Crippen LogP contribution is 2.42. The second kappa shape index (κ2) is 8.54. The number of hydrogen-bond donors (Lipinski definition) is 1. The first-order chi connectivity index (χ1) is 18.1. The maximum Gasteiger partial charge on any atom is 0.334 e. The minimum atomic E-state index is -3.66. The molecule has 0 unspecified atom stereocenters. The third kappa shape index (κ3) is 3.75. The van der Waals surface area contributed by atoms with E-state index in [-0.39, 0.29) is 5.82 Å². The predicted octanol–water partition coefficient (Wildman–Crippen LogP) is 5.15. The molecule has 0 bridgehead atoms. The molecule has 194 valence electrons. The average molecular weight is 520 g/mol. The van der Waals surface area contributed by atoms with Gasteiger partial charge in [-0.1, -0.05) is 12.1 Å². The van der Waals surface area contributed by atoms with Crippen molar-refractivity contribution in [3.8, 4) is 22.8 Å². The topological polar surface area (TPSA) is 91.3 Å². The van der Waals surface area contributed by atoms with Gasteiger partial charge in [0.2, 0.25) is 11.8 Å². The number of benzene rings is 1. The van der Waals surface area contributed by atoms with E-state index in [2.05, 4.69) is 25.6 Å². The van der Waals surface area contributed by atoms with Crippen molar-refractivity contribution in [2.75, 3.05) is 5.32 Å². The molecule has 4 aromatic heterocycles. The van der Waals surface area contributed by atoms with E-state index in [4.69, 9.17) is 4.98 Å². The Labute approximate surface area is 216 Å². The normalized spacial score (nSPS) is 14.9. The molecule has 0 amide bonds. The summed E-state index contributed by atoms with van der Waals surface area (Å²) in [6.45, 7) is 6.02. The molecule has 0 aliphatic carbocycles. The average Bonchev–Trinajstić information content (AvgIpc) is 3.57. The zero-order valence-electron chi connectivity index (χ0n) is 21.1. The van der Waals surface area contributed by atoms with Crippen LogP contribution in [0.5, 0.6) is 0 Å². The van der Waals surface area contributed by atoms with Gasteiger partial charge in [-0.2, -0.15) is 13.9 Å². The van der Waals surface area contributed by atoms with Crippen LogP contribution in [0, 0.1) is 19.7 Å². The molecule has 5 aromatic rings. The van der Waals surface area contributed by atoms with E-state index in [1.54, 1.807) is 10.9 Å². The van der Waals surface area contributed by atoms with Crippen LogP contribution in [0.15, 0.2) is 48.8 Å². The van der Waals surface area contributed by atoms with Gasteiger partial charge in [0.25, 0.3) is 0 Å². The molecule has 5 heterocycles. The van der Waals surface area contributed by atoms with Crippen LogP contribution in [0.25, 0.3) is 22.8 Å². The highest BCUT2D eigenvalue weighted by molar-refractivity contribution is 5.71. The number of alkyl halides is 2. The molecule has 0 saturated heterocycles. The number of fused-ring (bicyclic) bond motifs is 3. The first-order valence-electron chi connectivity index (χ1n) is 12.0. The summed E-state index contributed by atoms with van der Waals surface area (Å²) in [5, 5.41) is 15.5. The van der Waals surface area contributed by atoms with E-state index in [1.807, 2.05) is 50.7 Å². The van der Waals surface area contributed by atoms with Gasteiger partial charge < -0.3 is 9.88 Å². The lowest BCUT2D eigenvalue weighted by Gasteiger charge is -2.27. The van der Waals surface area contributed by atoms with Crippen molar-refractivity contribution in [1.29, 1.82) is 0 Å². The number of hydrogen-bond acceptors (Lipinski definition) is 6.